The summed E-state index contributed by atoms with van der Waals surface area (Å²) in [6.07, 6.45) is 3.38. The van der Waals surface area contributed by atoms with Crippen molar-refractivity contribution in [3.8, 4) is 17.5 Å². The Morgan fingerprint density at radius 1 is 1.12 bits per heavy atom. The molecule has 0 spiro atoms. The first-order valence-corrected chi connectivity index (χ1v) is 10.8. The van der Waals surface area contributed by atoms with E-state index in [0.717, 1.165) is 29.7 Å². The van der Waals surface area contributed by atoms with Gasteiger partial charge in [0, 0.05) is 17.4 Å². The highest BCUT2D eigenvalue weighted by molar-refractivity contribution is 5.96. The van der Waals surface area contributed by atoms with Crippen LogP contribution in [0.1, 0.15) is 60.0 Å². The van der Waals surface area contributed by atoms with Gasteiger partial charge in [-0.25, -0.2) is 0 Å². The van der Waals surface area contributed by atoms with E-state index < -0.39 is 17.9 Å². The fraction of sp³-hybridized carbons (Fsp3) is 0.269. The van der Waals surface area contributed by atoms with E-state index >= 15 is 0 Å². The third-order valence-electron chi connectivity index (χ3n) is 5.40. The van der Waals surface area contributed by atoms with E-state index in [1.54, 1.807) is 12.1 Å². The number of ether oxygens (including phenoxy) is 1. The van der Waals surface area contributed by atoms with Crippen LogP contribution in [0.2, 0.25) is 0 Å². The van der Waals surface area contributed by atoms with Gasteiger partial charge in [-0.15, -0.1) is 0 Å². The summed E-state index contributed by atoms with van der Waals surface area (Å²) in [5, 5.41) is 20.8. The summed E-state index contributed by atoms with van der Waals surface area (Å²) >= 11 is 0. The Morgan fingerprint density at radius 3 is 2.36 bits per heavy atom. The molecular formula is C26H27N3O4. The van der Waals surface area contributed by atoms with Gasteiger partial charge in [0.1, 0.15) is 29.7 Å². The Balaban J connectivity index is 1.73. The average molecular weight is 446 g/mol. The van der Waals surface area contributed by atoms with Crippen LogP contribution in [0, 0.1) is 18.3 Å². The molecule has 1 heterocycles. The summed E-state index contributed by atoms with van der Waals surface area (Å²) in [6.45, 7) is 5.40. The highest BCUT2D eigenvalue weighted by atomic mass is 16.5. The van der Waals surface area contributed by atoms with E-state index in [0.29, 0.717) is 17.0 Å². The molecule has 0 aliphatic carbocycles. The van der Waals surface area contributed by atoms with Crippen molar-refractivity contribution in [2.45, 2.75) is 45.8 Å². The Bertz CT molecular complexity index is 1160. The third-order valence-corrected chi connectivity index (χ3v) is 5.40. The SMILES string of the molecule is CCCC(Oc1ccc(-n2ccc(C)c2C#N)cc1)c1ccc(C(=O)NC(C)C(=O)O)cc1. The molecule has 0 saturated carbocycles. The Hall–Kier alpha value is -4.05. The number of aromatic nitrogens is 1. The van der Waals surface area contributed by atoms with Gasteiger partial charge in [-0.05, 0) is 73.9 Å². The first-order chi connectivity index (χ1) is 15.8. The van der Waals surface area contributed by atoms with Crippen LogP contribution in [0.25, 0.3) is 5.69 Å². The van der Waals surface area contributed by atoms with Crippen LogP contribution in [0.15, 0.2) is 60.8 Å². The molecule has 0 fully saturated rings. The number of carbonyl (C=O) groups excluding carboxylic acids is 1. The van der Waals surface area contributed by atoms with Crippen molar-refractivity contribution in [3.63, 3.8) is 0 Å². The van der Waals surface area contributed by atoms with Crippen LogP contribution in [0.5, 0.6) is 5.75 Å². The summed E-state index contributed by atoms with van der Waals surface area (Å²) in [5.41, 5.74) is 3.73. The van der Waals surface area contributed by atoms with Crippen LogP contribution >= 0.6 is 0 Å². The minimum Gasteiger partial charge on any atom is -0.486 e. The summed E-state index contributed by atoms with van der Waals surface area (Å²) < 4.78 is 8.08. The molecule has 0 radical (unpaired) electrons. The van der Waals surface area contributed by atoms with E-state index in [-0.39, 0.29) is 6.10 Å². The third kappa shape index (κ3) is 5.60. The number of amides is 1. The monoisotopic (exact) mass is 445 g/mol. The molecule has 2 atom stereocenters. The predicted molar refractivity (Wildman–Crippen MR) is 125 cm³/mol. The second kappa shape index (κ2) is 10.5. The van der Waals surface area contributed by atoms with Crippen LogP contribution in [0.3, 0.4) is 0 Å². The Kier molecular flexibility index (Phi) is 7.52. The van der Waals surface area contributed by atoms with Gasteiger partial charge in [0.05, 0.1) is 0 Å². The maximum absolute atomic E-state index is 12.2. The molecule has 1 aromatic heterocycles. The molecule has 33 heavy (non-hydrogen) atoms. The number of rotatable bonds is 9. The summed E-state index contributed by atoms with van der Waals surface area (Å²) in [6, 6.07) is 17.8. The van der Waals surface area contributed by atoms with Gasteiger partial charge in [-0.1, -0.05) is 25.5 Å². The number of hydrogen-bond acceptors (Lipinski definition) is 4. The van der Waals surface area contributed by atoms with Crippen molar-refractivity contribution in [3.05, 3.63) is 83.2 Å². The van der Waals surface area contributed by atoms with Gasteiger partial charge >= 0.3 is 5.97 Å². The maximum Gasteiger partial charge on any atom is 0.325 e. The minimum absolute atomic E-state index is 0.195. The largest absolute Gasteiger partial charge is 0.486 e. The molecule has 7 nitrogen and oxygen atoms in total. The number of aliphatic carboxylic acids is 1. The molecule has 170 valence electrons. The standard InChI is InChI=1S/C26H27N3O4/c1-4-5-24(19-6-8-20(9-7-19)25(30)28-18(3)26(31)32)33-22-12-10-21(11-13-22)29-15-14-17(2)23(29)16-27/h6-15,18,24H,4-5H2,1-3H3,(H,28,30)(H,31,32). The number of nitriles is 1. The summed E-state index contributed by atoms with van der Waals surface area (Å²) in [7, 11) is 0. The topological polar surface area (TPSA) is 104 Å². The molecule has 3 rings (SSSR count). The van der Waals surface area contributed by atoms with Crippen molar-refractivity contribution >= 4 is 11.9 Å². The van der Waals surface area contributed by atoms with Gasteiger partial charge in [0.15, 0.2) is 0 Å². The number of carbonyl (C=O) groups is 2. The normalized spacial score (nSPS) is 12.4. The fourth-order valence-electron chi connectivity index (χ4n) is 3.48. The maximum atomic E-state index is 12.2. The summed E-state index contributed by atoms with van der Waals surface area (Å²) in [4.78, 5) is 23.2. The molecule has 0 saturated heterocycles. The van der Waals surface area contributed by atoms with Crippen LogP contribution in [-0.2, 0) is 4.79 Å². The zero-order valence-corrected chi connectivity index (χ0v) is 18.9. The Morgan fingerprint density at radius 2 is 1.79 bits per heavy atom. The molecule has 2 aromatic carbocycles. The zero-order valence-electron chi connectivity index (χ0n) is 18.9. The number of nitrogens with one attached hydrogen (secondary N) is 1. The van der Waals surface area contributed by atoms with E-state index in [1.165, 1.54) is 6.92 Å². The van der Waals surface area contributed by atoms with E-state index in [2.05, 4.69) is 18.3 Å². The predicted octanol–water partition coefficient (Wildman–Crippen LogP) is 4.78. The van der Waals surface area contributed by atoms with E-state index in [9.17, 15) is 14.9 Å². The lowest BCUT2D eigenvalue weighted by molar-refractivity contribution is -0.138. The van der Waals surface area contributed by atoms with Crippen molar-refractivity contribution in [2.24, 2.45) is 0 Å². The van der Waals surface area contributed by atoms with E-state index in [1.807, 2.05) is 60.2 Å². The van der Waals surface area contributed by atoms with Crippen molar-refractivity contribution in [1.82, 2.24) is 9.88 Å². The highest BCUT2D eigenvalue weighted by Gasteiger charge is 2.17. The first-order valence-electron chi connectivity index (χ1n) is 10.8. The molecule has 2 N–H and O–H groups in total. The molecule has 3 aromatic rings. The molecule has 1 amide bonds. The zero-order chi connectivity index (χ0) is 24.0. The van der Waals surface area contributed by atoms with Gasteiger partial charge in [0.2, 0.25) is 0 Å². The van der Waals surface area contributed by atoms with Crippen molar-refractivity contribution in [2.75, 3.05) is 0 Å². The lowest BCUT2D eigenvalue weighted by Gasteiger charge is -2.20. The number of carboxylic acid groups (broad SMARTS) is 1. The quantitative estimate of drug-likeness (QED) is 0.493. The lowest BCUT2D eigenvalue weighted by atomic mass is 10.0. The molecule has 0 aliphatic heterocycles. The van der Waals surface area contributed by atoms with Crippen LogP contribution < -0.4 is 10.1 Å². The molecule has 7 heteroatoms. The van der Waals surface area contributed by atoms with Crippen LogP contribution in [0.4, 0.5) is 0 Å². The van der Waals surface area contributed by atoms with E-state index in [4.69, 9.17) is 9.84 Å². The smallest absolute Gasteiger partial charge is 0.325 e. The van der Waals surface area contributed by atoms with Gasteiger partial charge in [-0.2, -0.15) is 5.26 Å². The summed E-state index contributed by atoms with van der Waals surface area (Å²) in [5.74, 6) is -0.813. The average Bonchev–Trinajstić information content (AvgIpc) is 3.19. The molecule has 2 unspecified atom stereocenters. The second-order valence-electron chi connectivity index (χ2n) is 7.87. The van der Waals surface area contributed by atoms with Crippen LogP contribution in [-0.4, -0.2) is 27.6 Å². The number of aryl methyl sites for hydroxylation is 1. The van der Waals surface area contributed by atoms with Gasteiger partial charge < -0.3 is 19.7 Å². The van der Waals surface area contributed by atoms with Crippen molar-refractivity contribution < 1.29 is 19.4 Å². The van der Waals surface area contributed by atoms with Gasteiger partial charge in [-0.3, -0.25) is 9.59 Å². The number of benzene rings is 2. The fourth-order valence-corrected chi connectivity index (χ4v) is 3.48. The highest BCUT2D eigenvalue weighted by Crippen LogP contribution is 2.27. The molecule has 0 aliphatic rings. The first kappa shape index (κ1) is 23.6. The molecule has 0 bridgehead atoms. The van der Waals surface area contributed by atoms with Gasteiger partial charge in [0.25, 0.3) is 5.91 Å². The minimum atomic E-state index is -1.09. The Labute approximate surface area is 193 Å². The second-order valence-corrected chi connectivity index (χ2v) is 7.87. The number of carboxylic acids is 1. The number of nitrogens with zero attached hydrogens (tertiary/aromatic N) is 2. The lowest BCUT2D eigenvalue weighted by Crippen LogP contribution is -2.38. The number of hydrogen-bond donors (Lipinski definition) is 2. The van der Waals surface area contributed by atoms with Crippen molar-refractivity contribution in [1.29, 1.82) is 5.26 Å². The molecular weight excluding hydrogens is 418 g/mol.